The number of benzene rings is 1. The first-order valence-electron chi connectivity index (χ1n) is 11.9. The van der Waals surface area contributed by atoms with E-state index in [1.54, 1.807) is 0 Å². The number of halogens is 2. The van der Waals surface area contributed by atoms with Crippen molar-refractivity contribution in [3.8, 4) is 11.1 Å². The molecule has 1 atom stereocenters. The number of carbonyl (C=O) groups is 1. The summed E-state index contributed by atoms with van der Waals surface area (Å²) in [7, 11) is 0. The predicted octanol–water partition coefficient (Wildman–Crippen LogP) is 5.56. The van der Waals surface area contributed by atoms with Crippen LogP contribution in [0.25, 0.3) is 11.1 Å². The maximum Gasteiger partial charge on any atom is 0.207 e. The fraction of sp³-hybridized carbons (Fsp3) is 0.423. The summed E-state index contributed by atoms with van der Waals surface area (Å²) >= 11 is 0. The molecule has 1 saturated carbocycles. The number of amides is 1. The lowest BCUT2D eigenvalue weighted by Crippen LogP contribution is -2.41. The van der Waals surface area contributed by atoms with Crippen molar-refractivity contribution >= 4 is 17.9 Å². The van der Waals surface area contributed by atoms with Gasteiger partial charge in [0.25, 0.3) is 0 Å². The maximum absolute atomic E-state index is 13.5. The number of hydrogen-bond donors (Lipinski definition) is 2. The molecule has 3 N–H and O–H groups in total. The lowest BCUT2D eigenvalue weighted by molar-refractivity contribution is -0.109. The van der Waals surface area contributed by atoms with Crippen molar-refractivity contribution in [1.29, 1.82) is 0 Å². The highest BCUT2D eigenvalue weighted by molar-refractivity contribution is 5.90. The molecule has 9 heteroatoms. The lowest BCUT2D eigenvalue weighted by atomic mass is 9.79. The Morgan fingerprint density at radius 1 is 1.34 bits per heavy atom. The van der Waals surface area contributed by atoms with Crippen LogP contribution in [0.3, 0.4) is 0 Å². The summed E-state index contributed by atoms with van der Waals surface area (Å²) in [5.74, 6) is 0.0767. The second kappa shape index (κ2) is 10.8. The number of allylic oxidation sites excluding steroid dienone is 4. The highest BCUT2D eigenvalue weighted by Crippen LogP contribution is 2.43. The molecular weight excluding hydrogens is 454 g/mol. The number of nitrogens with zero attached hydrogens (tertiary/aromatic N) is 2. The molecule has 4 rings (SSSR count). The van der Waals surface area contributed by atoms with Crippen molar-refractivity contribution in [1.82, 2.24) is 10.5 Å². The van der Waals surface area contributed by atoms with Crippen LogP contribution in [0.15, 0.2) is 51.2 Å². The number of nitrogens with one attached hydrogen (secondary N) is 1. The first-order valence-corrected chi connectivity index (χ1v) is 11.9. The number of ether oxygens (including phenoxy) is 1. The first kappa shape index (κ1) is 24.6. The highest BCUT2D eigenvalue weighted by atomic mass is 19.2. The van der Waals surface area contributed by atoms with Gasteiger partial charge in [-0.1, -0.05) is 23.7 Å². The minimum atomic E-state index is -0.906. The molecule has 1 heterocycles. The van der Waals surface area contributed by atoms with Gasteiger partial charge in [0.1, 0.15) is 17.4 Å². The fourth-order valence-corrected chi connectivity index (χ4v) is 4.44. The Bertz CT molecular complexity index is 1160. The van der Waals surface area contributed by atoms with Gasteiger partial charge in [-0.2, -0.15) is 0 Å². The Kier molecular flexibility index (Phi) is 7.63. The van der Waals surface area contributed by atoms with Gasteiger partial charge in [0, 0.05) is 30.9 Å². The van der Waals surface area contributed by atoms with Gasteiger partial charge < -0.3 is 20.3 Å². The van der Waals surface area contributed by atoms with Crippen LogP contribution in [0.5, 0.6) is 0 Å². The van der Waals surface area contributed by atoms with E-state index >= 15 is 0 Å². The van der Waals surface area contributed by atoms with E-state index in [0.717, 1.165) is 52.7 Å². The SMILES string of the molecule is Cc1noc(C)c1-c1ccc(C2CCC2)c(N=C(N)[C@H](CCOC2=CC(F)=C(F)CC2)NC=O)c1. The zero-order chi connectivity index (χ0) is 24.9. The molecule has 0 saturated heterocycles. The van der Waals surface area contributed by atoms with Crippen LogP contribution in [0, 0.1) is 13.8 Å². The molecule has 2 aromatic rings. The summed E-state index contributed by atoms with van der Waals surface area (Å²) in [5.41, 5.74) is 10.9. The summed E-state index contributed by atoms with van der Waals surface area (Å²) in [6.45, 7) is 3.93. The van der Waals surface area contributed by atoms with Gasteiger partial charge in [0.15, 0.2) is 5.83 Å². The number of aryl methyl sites for hydroxylation is 2. The molecule has 0 radical (unpaired) electrons. The van der Waals surface area contributed by atoms with Gasteiger partial charge >= 0.3 is 0 Å². The second-order valence-electron chi connectivity index (χ2n) is 8.97. The van der Waals surface area contributed by atoms with Gasteiger partial charge in [0.05, 0.1) is 29.8 Å². The summed E-state index contributed by atoms with van der Waals surface area (Å²) in [5, 5.41) is 6.74. The van der Waals surface area contributed by atoms with E-state index in [9.17, 15) is 13.6 Å². The smallest absolute Gasteiger partial charge is 0.207 e. The molecule has 0 spiro atoms. The number of rotatable bonds is 10. The molecule has 1 amide bonds. The molecule has 35 heavy (non-hydrogen) atoms. The molecule has 2 aliphatic rings. The van der Waals surface area contributed by atoms with Crippen molar-refractivity contribution in [2.24, 2.45) is 10.7 Å². The molecule has 0 bridgehead atoms. The third kappa shape index (κ3) is 5.61. The van der Waals surface area contributed by atoms with Crippen LogP contribution in [0.4, 0.5) is 14.5 Å². The summed E-state index contributed by atoms with van der Waals surface area (Å²) in [6.07, 6.45) is 5.58. The van der Waals surface area contributed by atoms with E-state index in [-0.39, 0.29) is 25.3 Å². The van der Waals surface area contributed by atoms with Crippen molar-refractivity contribution in [2.45, 2.75) is 64.3 Å². The Labute approximate surface area is 203 Å². The molecule has 1 fully saturated rings. The van der Waals surface area contributed by atoms with Crippen molar-refractivity contribution in [2.75, 3.05) is 6.61 Å². The lowest BCUT2D eigenvalue weighted by Gasteiger charge is -2.27. The number of amidine groups is 1. The topological polar surface area (TPSA) is 103 Å². The predicted molar refractivity (Wildman–Crippen MR) is 129 cm³/mol. The number of nitrogens with two attached hydrogens (primary N) is 1. The van der Waals surface area contributed by atoms with Gasteiger partial charge in [0.2, 0.25) is 6.41 Å². The molecule has 1 aromatic carbocycles. The zero-order valence-electron chi connectivity index (χ0n) is 19.9. The van der Waals surface area contributed by atoms with Crippen LogP contribution in [0.2, 0.25) is 0 Å². The molecule has 0 unspecified atom stereocenters. The first-order chi connectivity index (χ1) is 16.9. The zero-order valence-corrected chi connectivity index (χ0v) is 19.9. The fourth-order valence-electron chi connectivity index (χ4n) is 4.44. The van der Waals surface area contributed by atoms with E-state index in [1.165, 1.54) is 6.42 Å². The molecule has 1 aromatic heterocycles. The monoisotopic (exact) mass is 484 g/mol. The maximum atomic E-state index is 13.5. The summed E-state index contributed by atoms with van der Waals surface area (Å²) in [4.78, 5) is 16.0. The van der Waals surface area contributed by atoms with E-state index in [0.29, 0.717) is 24.5 Å². The minimum Gasteiger partial charge on any atom is -0.498 e. The van der Waals surface area contributed by atoms with E-state index < -0.39 is 17.7 Å². The number of aliphatic imine (C=N–C) groups is 1. The van der Waals surface area contributed by atoms with Crippen molar-refractivity contribution in [3.63, 3.8) is 0 Å². The van der Waals surface area contributed by atoms with Crippen molar-refractivity contribution in [3.05, 3.63) is 58.7 Å². The van der Waals surface area contributed by atoms with Crippen LogP contribution in [-0.4, -0.2) is 30.1 Å². The van der Waals surface area contributed by atoms with Crippen LogP contribution >= 0.6 is 0 Å². The van der Waals surface area contributed by atoms with Gasteiger partial charge in [-0.05, 0) is 49.8 Å². The third-order valence-electron chi connectivity index (χ3n) is 6.61. The van der Waals surface area contributed by atoms with Crippen LogP contribution in [0.1, 0.15) is 61.5 Å². The largest absolute Gasteiger partial charge is 0.498 e. The standard InChI is InChI=1S/C26H30F2N4O3/c1-15-25(16(2)35-32-15)18-6-8-20(17-4-3-5-17)24(12-18)31-26(29)23(30-14-33)10-11-34-19-7-9-21(27)22(28)13-19/h6,8,12-14,17,23H,3-5,7,9-11H2,1-2H3,(H2,29,31)(H,30,33)/t23-/m0/s1. The average molecular weight is 485 g/mol. The molecular formula is C26H30F2N4O3. The molecule has 0 aliphatic heterocycles. The Balaban J connectivity index is 1.56. The minimum absolute atomic E-state index is 0.0251. The second-order valence-corrected chi connectivity index (χ2v) is 8.97. The Morgan fingerprint density at radius 3 is 2.77 bits per heavy atom. The highest BCUT2D eigenvalue weighted by Gasteiger charge is 2.24. The van der Waals surface area contributed by atoms with Crippen LogP contribution < -0.4 is 11.1 Å². The Hall–Kier alpha value is -3.49. The molecule has 2 aliphatic carbocycles. The normalized spacial score (nSPS) is 17.6. The summed E-state index contributed by atoms with van der Waals surface area (Å²) < 4.78 is 37.6. The van der Waals surface area contributed by atoms with E-state index in [2.05, 4.69) is 22.6 Å². The van der Waals surface area contributed by atoms with Gasteiger partial charge in [-0.25, -0.2) is 13.8 Å². The van der Waals surface area contributed by atoms with Gasteiger partial charge in [-0.3, -0.25) is 4.79 Å². The quantitative estimate of drug-likeness (QED) is 0.261. The number of hydrogen-bond acceptors (Lipinski definition) is 5. The summed E-state index contributed by atoms with van der Waals surface area (Å²) in [6, 6.07) is 5.54. The number of aromatic nitrogens is 1. The van der Waals surface area contributed by atoms with E-state index in [4.69, 9.17) is 20.0 Å². The molecule has 7 nitrogen and oxygen atoms in total. The van der Waals surface area contributed by atoms with E-state index in [1.807, 2.05) is 19.9 Å². The molecule has 186 valence electrons. The van der Waals surface area contributed by atoms with Crippen molar-refractivity contribution < 1.29 is 22.8 Å². The average Bonchev–Trinajstić information content (AvgIpc) is 3.13. The number of carbonyl (C=O) groups excluding carboxylic acids is 1. The third-order valence-corrected chi connectivity index (χ3v) is 6.61. The van der Waals surface area contributed by atoms with Gasteiger partial charge in [-0.15, -0.1) is 0 Å². The van der Waals surface area contributed by atoms with Crippen LogP contribution in [-0.2, 0) is 9.53 Å². The Morgan fingerprint density at radius 2 is 2.14 bits per heavy atom.